The lowest BCUT2D eigenvalue weighted by atomic mass is 9.75. The first kappa shape index (κ1) is 31.2. The molecule has 0 radical (unpaired) electrons. The third-order valence-corrected chi connectivity index (χ3v) is 9.53. The number of nitriles is 1. The van der Waals surface area contributed by atoms with Gasteiger partial charge < -0.3 is 4.90 Å². The van der Waals surface area contributed by atoms with Gasteiger partial charge >= 0.3 is 0 Å². The van der Waals surface area contributed by atoms with Gasteiger partial charge in [-0.05, 0) is 53.8 Å². The lowest BCUT2D eigenvalue weighted by molar-refractivity contribution is -0.137. The molecule has 3 aliphatic rings. The third-order valence-electron chi connectivity index (χ3n) is 8.11. The van der Waals surface area contributed by atoms with Crippen LogP contribution in [0.4, 0.5) is 0 Å². The number of nitrogens with one attached hydrogen (secondary N) is 2. The molecule has 1 aliphatic heterocycles. The molecule has 1 unspecified atom stereocenters. The molecule has 1 saturated carbocycles. The second kappa shape index (κ2) is 13.2. The van der Waals surface area contributed by atoms with Gasteiger partial charge in [-0.15, -0.1) is 11.6 Å². The number of nitrogens with zero attached hydrogens (tertiary/aromatic N) is 2. The van der Waals surface area contributed by atoms with Crippen molar-refractivity contribution in [3.05, 3.63) is 93.5 Å². The van der Waals surface area contributed by atoms with Gasteiger partial charge in [0.2, 0.25) is 10.0 Å². The van der Waals surface area contributed by atoms with E-state index in [0.29, 0.717) is 52.1 Å². The summed E-state index contributed by atoms with van der Waals surface area (Å²) in [6, 6.07) is 14.0. The van der Waals surface area contributed by atoms with E-state index >= 15 is 0 Å². The van der Waals surface area contributed by atoms with Crippen LogP contribution in [0.25, 0.3) is 0 Å². The van der Waals surface area contributed by atoms with Gasteiger partial charge in [0.05, 0.1) is 41.8 Å². The Morgan fingerprint density at radius 2 is 1.91 bits per heavy atom. The van der Waals surface area contributed by atoms with E-state index in [1.165, 1.54) is 0 Å². The molecule has 0 aromatic heterocycles. The van der Waals surface area contributed by atoms with Crippen molar-refractivity contribution in [3.63, 3.8) is 0 Å². The van der Waals surface area contributed by atoms with E-state index in [1.54, 1.807) is 65.6 Å². The number of carbonyl (C=O) groups is 2. The number of halogens is 2. The van der Waals surface area contributed by atoms with Gasteiger partial charge in [0.25, 0.3) is 11.8 Å². The van der Waals surface area contributed by atoms with Crippen molar-refractivity contribution in [2.75, 3.05) is 6.26 Å². The van der Waals surface area contributed by atoms with E-state index in [4.69, 9.17) is 28.0 Å². The van der Waals surface area contributed by atoms with Crippen LogP contribution in [-0.4, -0.2) is 54.9 Å². The van der Waals surface area contributed by atoms with Gasteiger partial charge in [0, 0.05) is 29.1 Å². The van der Waals surface area contributed by atoms with E-state index in [2.05, 4.69) is 16.3 Å². The van der Waals surface area contributed by atoms with Crippen molar-refractivity contribution in [2.45, 2.75) is 68.1 Å². The maximum Gasteiger partial charge on any atom is 0.255 e. The minimum absolute atomic E-state index is 0.0189. The molecule has 5 rings (SSSR count). The zero-order valence-corrected chi connectivity index (χ0v) is 25.8. The second-order valence-corrected chi connectivity index (χ2v) is 13.9. The third kappa shape index (κ3) is 6.97. The highest BCUT2D eigenvalue weighted by Gasteiger charge is 2.50. The summed E-state index contributed by atoms with van der Waals surface area (Å²) in [7, 11) is -3.58. The van der Waals surface area contributed by atoms with E-state index in [-0.39, 0.29) is 12.5 Å². The van der Waals surface area contributed by atoms with Crippen LogP contribution in [0.1, 0.15) is 65.1 Å². The number of hydroxylamine groups is 1. The number of hydrogen-bond acceptors (Lipinski definition) is 6. The quantitative estimate of drug-likeness (QED) is 0.319. The van der Waals surface area contributed by atoms with Crippen LogP contribution in [0.5, 0.6) is 0 Å². The molecule has 9 nitrogen and oxygen atoms in total. The van der Waals surface area contributed by atoms with Gasteiger partial charge in [-0.25, -0.2) is 18.6 Å². The highest BCUT2D eigenvalue weighted by Crippen LogP contribution is 2.44. The first-order chi connectivity index (χ1) is 20.6. The number of sulfonamides is 1. The first-order valence-electron chi connectivity index (χ1n) is 14.1. The minimum Gasteiger partial charge on any atom is -0.326 e. The zero-order valence-electron chi connectivity index (χ0n) is 23.5. The summed E-state index contributed by atoms with van der Waals surface area (Å²) >= 11 is 13.2. The predicted octanol–water partition coefficient (Wildman–Crippen LogP) is 4.63. The fraction of sp³-hybridized carbons (Fsp3) is 0.387. The molecule has 0 bridgehead atoms. The Morgan fingerprint density at radius 1 is 1.14 bits per heavy atom. The number of hydrogen-bond donors (Lipinski definition) is 2. The summed E-state index contributed by atoms with van der Waals surface area (Å²) < 4.78 is 27.5. The number of allylic oxidation sites excluding steroid dienone is 3. The number of fused-ring (bicyclic) bond motifs is 1. The van der Waals surface area contributed by atoms with Crippen LogP contribution in [0.15, 0.2) is 71.3 Å². The summed E-state index contributed by atoms with van der Waals surface area (Å²) in [5, 5.41) is 9.16. The van der Waals surface area contributed by atoms with E-state index < -0.39 is 45.4 Å². The Kier molecular flexibility index (Phi) is 9.59. The van der Waals surface area contributed by atoms with Crippen LogP contribution < -0.4 is 10.2 Å². The monoisotopic (exact) mass is 642 g/mol. The summed E-state index contributed by atoms with van der Waals surface area (Å²) in [5.74, 6) is -1.70. The number of alkyl halides is 1. The van der Waals surface area contributed by atoms with Gasteiger partial charge in [-0.3, -0.25) is 14.4 Å². The molecule has 2 amide bonds. The molecular weight excluding hydrogens is 611 g/mol. The number of amides is 2. The minimum atomic E-state index is -3.58. The SMILES string of the molecule is CS(=O)(=O)N[C@H]1CCCC[C@@H]1N1C(=O)c2ccccc2[C@@H](C(=O)NOCc2cccc(C#N)c2)[C@@H]1C1=CC=C(Cl)CC1Cl. The normalized spacial score (nSPS) is 25.7. The molecule has 1 fully saturated rings. The Hall–Kier alpha value is -3.20. The van der Waals surface area contributed by atoms with E-state index in [9.17, 15) is 23.3 Å². The van der Waals surface area contributed by atoms with Crippen molar-refractivity contribution in [1.82, 2.24) is 15.1 Å². The fourth-order valence-electron chi connectivity index (χ4n) is 6.33. The fourth-order valence-corrected chi connectivity index (χ4v) is 7.82. The summed E-state index contributed by atoms with van der Waals surface area (Å²) in [6.45, 7) is 0.0189. The molecule has 1 heterocycles. The Morgan fingerprint density at radius 3 is 2.65 bits per heavy atom. The van der Waals surface area contributed by atoms with Crippen molar-refractivity contribution in [3.8, 4) is 6.07 Å². The molecule has 0 saturated heterocycles. The summed E-state index contributed by atoms with van der Waals surface area (Å²) in [5.41, 5.74) is 5.27. The Labute approximate surface area is 261 Å². The maximum absolute atomic E-state index is 14.3. The molecule has 2 aromatic rings. The van der Waals surface area contributed by atoms with Gasteiger partial charge in [0.1, 0.15) is 0 Å². The molecule has 2 aliphatic carbocycles. The molecule has 12 heteroatoms. The molecule has 0 spiro atoms. The highest BCUT2D eigenvalue weighted by molar-refractivity contribution is 7.88. The van der Waals surface area contributed by atoms with Crippen LogP contribution >= 0.6 is 23.2 Å². The first-order valence-corrected chi connectivity index (χ1v) is 16.8. The summed E-state index contributed by atoms with van der Waals surface area (Å²) in [6.07, 6.45) is 7.61. The molecule has 2 aromatic carbocycles. The van der Waals surface area contributed by atoms with Crippen LogP contribution in [0.3, 0.4) is 0 Å². The predicted molar refractivity (Wildman–Crippen MR) is 164 cm³/mol. The summed E-state index contributed by atoms with van der Waals surface area (Å²) in [4.78, 5) is 35.7. The lowest BCUT2D eigenvalue weighted by Crippen LogP contribution is -2.63. The smallest absolute Gasteiger partial charge is 0.255 e. The van der Waals surface area contributed by atoms with Crippen molar-refractivity contribution in [2.24, 2.45) is 0 Å². The average molecular weight is 644 g/mol. The Bertz CT molecular complexity index is 1620. The van der Waals surface area contributed by atoms with E-state index in [1.807, 2.05) is 0 Å². The molecular formula is C31H32Cl2N4O5S. The second-order valence-electron chi connectivity index (χ2n) is 11.1. The van der Waals surface area contributed by atoms with Crippen molar-refractivity contribution < 1.29 is 22.8 Å². The lowest BCUT2D eigenvalue weighted by Gasteiger charge is -2.50. The van der Waals surface area contributed by atoms with Crippen LogP contribution in [-0.2, 0) is 26.3 Å². The van der Waals surface area contributed by atoms with Gasteiger partial charge in [-0.1, -0.05) is 60.9 Å². The topological polar surface area (TPSA) is 129 Å². The average Bonchev–Trinajstić information content (AvgIpc) is 2.97. The van der Waals surface area contributed by atoms with Crippen molar-refractivity contribution in [1.29, 1.82) is 5.26 Å². The van der Waals surface area contributed by atoms with Crippen LogP contribution in [0, 0.1) is 11.3 Å². The largest absolute Gasteiger partial charge is 0.326 e. The number of benzene rings is 2. The number of rotatable bonds is 8. The van der Waals surface area contributed by atoms with Gasteiger partial charge in [0.15, 0.2) is 0 Å². The Balaban J connectivity index is 1.56. The highest BCUT2D eigenvalue weighted by atomic mass is 35.5. The molecule has 5 atom stereocenters. The molecule has 43 heavy (non-hydrogen) atoms. The zero-order chi connectivity index (χ0) is 30.7. The maximum atomic E-state index is 14.3. The van der Waals surface area contributed by atoms with Crippen molar-refractivity contribution >= 4 is 45.0 Å². The van der Waals surface area contributed by atoms with Gasteiger partial charge in [-0.2, -0.15) is 5.26 Å². The molecule has 226 valence electrons. The molecule has 2 N–H and O–H groups in total. The van der Waals surface area contributed by atoms with E-state index in [0.717, 1.165) is 19.1 Å². The number of carbonyl (C=O) groups excluding carboxylic acids is 2. The standard InChI is InChI=1S/C31H32Cl2N4O5S/c1-43(40,41)36-26-11-4-5-12-27(26)37-29(24-14-13-21(32)16-25(24)33)28(22-9-2-3-10-23(22)31(37)39)30(38)35-42-18-20-8-6-7-19(15-20)17-34/h2-3,6-10,13-15,25-29,36H,4-5,11-12,16,18H2,1H3,(H,35,38)/t25?,26-,27-,28+,29-/m0/s1. The van der Waals surface area contributed by atoms with Crippen LogP contribution in [0.2, 0.25) is 0 Å².